The van der Waals surface area contributed by atoms with E-state index in [9.17, 15) is 22.0 Å². The van der Waals surface area contributed by atoms with Gasteiger partial charge in [-0.05, 0) is 12.1 Å². The lowest BCUT2D eigenvalue weighted by atomic mass is 10.0. The molecule has 0 radical (unpaired) electrons. The predicted octanol–water partition coefficient (Wildman–Crippen LogP) is 0.0171. The number of nitrogens with zero attached hydrogens (tertiary/aromatic N) is 2. The van der Waals surface area contributed by atoms with Crippen molar-refractivity contribution < 1.29 is 22.0 Å². The zero-order chi connectivity index (χ0) is 16.6. The van der Waals surface area contributed by atoms with E-state index >= 15 is 0 Å². The Labute approximate surface area is 133 Å². The summed E-state index contributed by atoms with van der Waals surface area (Å²) in [5.41, 5.74) is 0. The molecule has 23 heavy (non-hydrogen) atoms. The van der Waals surface area contributed by atoms with Gasteiger partial charge < -0.3 is 10.2 Å². The van der Waals surface area contributed by atoms with Crippen LogP contribution >= 0.6 is 0 Å². The third kappa shape index (κ3) is 3.08. The number of halogens is 2. The molecule has 2 saturated heterocycles. The van der Waals surface area contributed by atoms with Crippen LogP contribution in [0.25, 0.3) is 0 Å². The van der Waals surface area contributed by atoms with Gasteiger partial charge in [-0.2, -0.15) is 4.31 Å². The molecule has 0 saturated carbocycles. The normalized spacial score (nSPS) is 20.3. The number of rotatable bonds is 3. The second-order valence-corrected chi connectivity index (χ2v) is 7.57. The minimum Gasteiger partial charge on any atom is -0.340 e. The molecule has 0 aromatic heterocycles. The van der Waals surface area contributed by atoms with Crippen molar-refractivity contribution in [2.75, 3.05) is 39.3 Å². The van der Waals surface area contributed by atoms with E-state index in [-0.39, 0.29) is 38.0 Å². The first-order valence-electron chi connectivity index (χ1n) is 7.34. The van der Waals surface area contributed by atoms with E-state index < -0.39 is 26.6 Å². The maximum absolute atomic E-state index is 13.7. The van der Waals surface area contributed by atoms with E-state index in [0.29, 0.717) is 19.2 Å². The van der Waals surface area contributed by atoms with Crippen molar-refractivity contribution in [3.05, 3.63) is 29.8 Å². The molecule has 0 atom stereocenters. The lowest BCUT2D eigenvalue weighted by Gasteiger charge is -2.37. The van der Waals surface area contributed by atoms with Crippen LogP contribution in [0.3, 0.4) is 0 Å². The third-order valence-electron chi connectivity index (χ3n) is 4.19. The molecule has 1 N–H and O–H groups in total. The molecule has 0 aliphatic carbocycles. The highest BCUT2D eigenvalue weighted by Crippen LogP contribution is 2.22. The molecular formula is C14H17F2N3O3S. The molecule has 1 amide bonds. The van der Waals surface area contributed by atoms with Gasteiger partial charge in [0.15, 0.2) is 0 Å². The Kier molecular flexibility index (Phi) is 4.35. The van der Waals surface area contributed by atoms with Crippen LogP contribution in [0.5, 0.6) is 0 Å². The monoisotopic (exact) mass is 345 g/mol. The van der Waals surface area contributed by atoms with Crippen LogP contribution < -0.4 is 5.32 Å². The zero-order valence-corrected chi connectivity index (χ0v) is 13.2. The van der Waals surface area contributed by atoms with E-state index in [4.69, 9.17) is 0 Å². The molecule has 0 unspecified atom stereocenters. The number of nitrogens with one attached hydrogen (secondary N) is 1. The predicted molar refractivity (Wildman–Crippen MR) is 78.1 cm³/mol. The minimum atomic E-state index is -4.03. The Morgan fingerprint density at radius 1 is 1.13 bits per heavy atom. The second-order valence-electron chi connectivity index (χ2n) is 5.66. The Bertz CT molecular complexity index is 714. The third-order valence-corrected chi connectivity index (χ3v) is 6.12. The molecule has 6 nitrogen and oxygen atoms in total. The quantitative estimate of drug-likeness (QED) is 0.838. The van der Waals surface area contributed by atoms with Crippen molar-refractivity contribution in [2.45, 2.75) is 4.90 Å². The van der Waals surface area contributed by atoms with Crippen LogP contribution in [0.4, 0.5) is 8.78 Å². The molecule has 9 heteroatoms. The first-order valence-corrected chi connectivity index (χ1v) is 8.78. The van der Waals surface area contributed by atoms with Crippen LogP contribution in [-0.4, -0.2) is 62.8 Å². The Morgan fingerprint density at radius 2 is 1.78 bits per heavy atom. The van der Waals surface area contributed by atoms with Crippen LogP contribution in [0.1, 0.15) is 0 Å². The first-order chi connectivity index (χ1) is 10.9. The van der Waals surface area contributed by atoms with Gasteiger partial charge in [-0.25, -0.2) is 17.2 Å². The van der Waals surface area contributed by atoms with Crippen molar-refractivity contribution >= 4 is 15.9 Å². The van der Waals surface area contributed by atoms with Crippen LogP contribution in [0.15, 0.2) is 23.1 Å². The molecule has 3 rings (SSSR count). The fourth-order valence-electron chi connectivity index (χ4n) is 2.69. The van der Waals surface area contributed by atoms with E-state index in [2.05, 4.69) is 5.32 Å². The Morgan fingerprint density at radius 3 is 2.30 bits per heavy atom. The number of piperazine rings is 1. The summed E-state index contributed by atoms with van der Waals surface area (Å²) < 4.78 is 52.7. The number of benzene rings is 1. The lowest BCUT2D eigenvalue weighted by molar-refractivity contribution is -0.138. The van der Waals surface area contributed by atoms with Gasteiger partial charge >= 0.3 is 0 Å². The van der Waals surface area contributed by atoms with Gasteiger partial charge in [0.1, 0.15) is 16.5 Å². The van der Waals surface area contributed by atoms with Gasteiger partial charge in [0.25, 0.3) is 0 Å². The summed E-state index contributed by atoms with van der Waals surface area (Å²) in [6.45, 7) is 2.06. The fourth-order valence-corrected chi connectivity index (χ4v) is 4.16. The molecule has 126 valence electrons. The number of carbonyl (C=O) groups is 1. The molecule has 0 spiro atoms. The number of carbonyl (C=O) groups excluding carboxylic acids is 1. The maximum atomic E-state index is 13.7. The average molecular weight is 345 g/mol. The summed E-state index contributed by atoms with van der Waals surface area (Å²) in [5.74, 6) is -1.95. The van der Waals surface area contributed by atoms with Crippen molar-refractivity contribution in [3.63, 3.8) is 0 Å². The fraction of sp³-hybridized carbons (Fsp3) is 0.500. The van der Waals surface area contributed by atoms with Crippen molar-refractivity contribution in [3.8, 4) is 0 Å². The second kappa shape index (κ2) is 6.14. The highest BCUT2D eigenvalue weighted by atomic mass is 32.2. The molecular weight excluding hydrogens is 328 g/mol. The molecule has 1 aromatic rings. The number of hydrogen-bond donors (Lipinski definition) is 1. The molecule has 2 heterocycles. The summed E-state index contributed by atoms with van der Waals surface area (Å²) >= 11 is 0. The molecule has 1 aromatic carbocycles. The van der Waals surface area contributed by atoms with E-state index in [0.717, 1.165) is 16.4 Å². The SMILES string of the molecule is O=C(C1CNC1)N1CCN(S(=O)(=O)c2ccc(F)cc2F)CC1. The Hall–Kier alpha value is -1.58. The van der Waals surface area contributed by atoms with Crippen LogP contribution in [0, 0.1) is 17.6 Å². The molecule has 2 fully saturated rings. The van der Waals surface area contributed by atoms with Gasteiger partial charge in [-0.3, -0.25) is 4.79 Å². The van der Waals surface area contributed by atoms with Gasteiger partial charge in [0.2, 0.25) is 15.9 Å². The minimum absolute atomic E-state index is 0.0220. The van der Waals surface area contributed by atoms with Gasteiger partial charge in [0.05, 0.1) is 5.92 Å². The zero-order valence-electron chi connectivity index (χ0n) is 12.3. The Balaban J connectivity index is 1.69. The van der Waals surface area contributed by atoms with Crippen LogP contribution in [0.2, 0.25) is 0 Å². The van der Waals surface area contributed by atoms with Gasteiger partial charge in [0, 0.05) is 45.3 Å². The highest BCUT2D eigenvalue weighted by Gasteiger charge is 2.35. The van der Waals surface area contributed by atoms with Crippen molar-refractivity contribution in [1.82, 2.24) is 14.5 Å². The highest BCUT2D eigenvalue weighted by molar-refractivity contribution is 7.89. The molecule has 2 aliphatic rings. The summed E-state index contributed by atoms with van der Waals surface area (Å²) in [6.07, 6.45) is 0. The number of amides is 1. The maximum Gasteiger partial charge on any atom is 0.246 e. The summed E-state index contributed by atoms with van der Waals surface area (Å²) in [5, 5.41) is 3.02. The standard InChI is InChI=1S/C14H17F2N3O3S/c15-11-1-2-13(12(16)7-11)23(21,22)19-5-3-18(4-6-19)14(20)10-8-17-9-10/h1-2,7,10,17H,3-6,8-9H2. The molecule has 2 aliphatic heterocycles. The molecule has 0 bridgehead atoms. The first kappa shape index (κ1) is 16.3. The summed E-state index contributed by atoms with van der Waals surface area (Å²) in [7, 11) is -4.03. The largest absolute Gasteiger partial charge is 0.340 e. The van der Waals surface area contributed by atoms with Gasteiger partial charge in [-0.15, -0.1) is 0 Å². The number of sulfonamides is 1. The summed E-state index contributed by atoms with van der Waals surface area (Å²) in [6, 6.07) is 2.40. The van der Waals surface area contributed by atoms with Gasteiger partial charge in [-0.1, -0.05) is 0 Å². The number of hydrogen-bond acceptors (Lipinski definition) is 4. The van der Waals surface area contributed by atoms with Crippen LogP contribution in [-0.2, 0) is 14.8 Å². The average Bonchev–Trinajstić information content (AvgIpc) is 2.45. The lowest BCUT2D eigenvalue weighted by Crippen LogP contribution is -2.57. The van der Waals surface area contributed by atoms with E-state index in [1.54, 1.807) is 4.90 Å². The summed E-state index contributed by atoms with van der Waals surface area (Å²) in [4.78, 5) is 13.2. The van der Waals surface area contributed by atoms with E-state index in [1.165, 1.54) is 0 Å². The van der Waals surface area contributed by atoms with Crippen molar-refractivity contribution in [1.29, 1.82) is 0 Å². The van der Waals surface area contributed by atoms with E-state index in [1.807, 2.05) is 0 Å². The smallest absolute Gasteiger partial charge is 0.246 e. The van der Waals surface area contributed by atoms with Crippen molar-refractivity contribution in [2.24, 2.45) is 5.92 Å². The topological polar surface area (TPSA) is 69.7 Å².